The number of benzene rings is 2. The van der Waals surface area contributed by atoms with Gasteiger partial charge in [-0.05, 0) is 49.7 Å². The first-order valence-electron chi connectivity index (χ1n) is 12.1. The van der Waals surface area contributed by atoms with Crippen molar-refractivity contribution in [1.82, 2.24) is 34.6 Å². The number of carbonyl (C=O) groups is 1. The standard InChI is InChI=1S/C26H24Cl2N8O3/c1-4-21(26(38)29-16-7-8-19-20(11-16)32-36(5-2)31-19)34-13-23(39-3)18(12-25(34)37)17-10-15(27)6-9-22(17)35-14-24(28)30-33-35/h6-14,21H,4-5H2,1-3H3,(H,29,38). The molecule has 5 aromatic rings. The number of carbonyl (C=O) groups excluding carboxylic acids is 1. The fraction of sp³-hybridized carbons (Fsp3) is 0.231. The third-order valence-corrected chi connectivity index (χ3v) is 6.63. The van der Waals surface area contributed by atoms with Gasteiger partial charge in [-0.1, -0.05) is 35.3 Å². The highest BCUT2D eigenvalue weighted by atomic mass is 35.5. The van der Waals surface area contributed by atoms with Gasteiger partial charge in [0.05, 0.1) is 31.7 Å². The number of nitrogens with one attached hydrogen (secondary N) is 1. The minimum absolute atomic E-state index is 0.212. The third-order valence-electron chi connectivity index (χ3n) is 6.22. The molecule has 1 atom stereocenters. The first-order valence-corrected chi connectivity index (χ1v) is 12.9. The number of amides is 1. The van der Waals surface area contributed by atoms with Gasteiger partial charge in [0, 0.05) is 27.9 Å². The largest absolute Gasteiger partial charge is 0.495 e. The van der Waals surface area contributed by atoms with Crippen molar-refractivity contribution in [3.63, 3.8) is 0 Å². The number of aromatic nitrogens is 7. The van der Waals surface area contributed by atoms with Crippen LogP contribution in [-0.2, 0) is 11.3 Å². The molecule has 1 amide bonds. The summed E-state index contributed by atoms with van der Waals surface area (Å²) in [7, 11) is 1.49. The van der Waals surface area contributed by atoms with Gasteiger partial charge in [0.2, 0.25) is 5.91 Å². The molecule has 39 heavy (non-hydrogen) atoms. The molecule has 0 radical (unpaired) electrons. The van der Waals surface area contributed by atoms with Gasteiger partial charge in [0.25, 0.3) is 5.56 Å². The van der Waals surface area contributed by atoms with Crippen molar-refractivity contribution < 1.29 is 9.53 Å². The molecule has 0 saturated heterocycles. The first kappa shape index (κ1) is 26.4. The molecule has 1 N–H and O–H groups in total. The van der Waals surface area contributed by atoms with Crippen LogP contribution >= 0.6 is 23.2 Å². The lowest BCUT2D eigenvalue weighted by molar-refractivity contribution is -0.119. The maximum absolute atomic E-state index is 13.4. The Morgan fingerprint density at radius 2 is 1.82 bits per heavy atom. The van der Waals surface area contributed by atoms with Crippen molar-refractivity contribution in [3.8, 4) is 22.6 Å². The maximum atomic E-state index is 13.4. The van der Waals surface area contributed by atoms with Crippen molar-refractivity contribution in [2.75, 3.05) is 12.4 Å². The molecule has 0 spiro atoms. The molecule has 0 aliphatic carbocycles. The quantitative estimate of drug-likeness (QED) is 0.287. The van der Waals surface area contributed by atoms with Crippen LogP contribution in [0, 0.1) is 0 Å². The van der Waals surface area contributed by atoms with Crippen LogP contribution in [-0.4, -0.2) is 47.6 Å². The molecule has 3 heterocycles. The zero-order chi connectivity index (χ0) is 27.7. The minimum atomic E-state index is -0.796. The normalized spacial score (nSPS) is 12.0. The number of pyridine rings is 1. The van der Waals surface area contributed by atoms with Crippen LogP contribution in [0.1, 0.15) is 26.3 Å². The Bertz CT molecular complexity index is 1740. The maximum Gasteiger partial charge on any atom is 0.252 e. The van der Waals surface area contributed by atoms with Gasteiger partial charge >= 0.3 is 0 Å². The van der Waals surface area contributed by atoms with Gasteiger partial charge in [-0.25, -0.2) is 4.68 Å². The number of hydrogen-bond donors (Lipinski definition) is 1. The number of fused-ring (bicyclic) bond motifs is 1. The molecule has 0 bridgehead atoms. The van der Waals surface area contributed by atoms with E-state index in [2.05, 4.69) is 25.8 Å². The van der Waals surface area contributed by atoms with Crippen LogP contribution in [0.5, 0.6) is 5.75 Å². The summed E-state index contributed by atoms with van der Waals surface area (Å²) >= 11 is 12.3. The molecule has 3 aromatic heterocycles. The van der Waals surface area contributed by atoms with Crippen molar-refractivity contribution in [3.05, 3.63) is 75.4 Å². The van der Waals surface area contributed by atoms with Crippen LogP contribution in [0.3, 0.4) is 0 Å². The van der Waals surface area contributed by atoms with Gasteiger partial charge in [-0.2, -0.15) is 15.0 Å². The smallest absolute Gasteiger partial charge is 0.252 e. The van der Waals surface area contributed by atoms with Crippen molar-refractivity contribution in [2.45, 2.75) is 32.9 Å². The van der Waals surface area contributed by atoms with Crippen molar-refractivity contribution >= 4 is 45.8 Å². The Balaban J connectivity index is 1.51. The molecule has 0 aliphatic heterocycles. The van der Waals surface area contributed by atoms with Crippen molar-refractivity contribution in [2.24, 2.45) is 0 Å². The van der Waals surface area contributed by atoms with E-state index in [0.717, 1.165) is 5.52 Å². The number of methoxy groups -OCH3 is 1. The third kappa shape index (κ3) is 5.23. The topological polar surface area (TPSA) is 122 Å². The van der Waals surface area contributed by atoms with Gasteiger partial charge in [0.1, 0.15) is 22.8 Å². The van der Waals surface area contributed by atoms with E-state index in [9.17, 15) is 9.59 Å². The Morgan fingerprint density at radius 3 is 2.51 bits per heavy atom. The lowest BCUT2D eigenvalue weighted by atomic mass is 10.0. The molecule has 2 aromatic carbocycles. The van der Waals surface area contributed by atoms with E-state index in [1.807, 2.05) is 13.8 Å². The Labute approximate surface area is 232 Å². The molecular weight excluding hydrogens is 543 g/mol. The predicted octanol–water partition coefficient (Wildman–Crippen LogP) is 4.77. The molecule has 5 rings (SSSR count). The number of halogens is 2. The van der Waals surface area contributed by atoms with Crippen LogP contribution in [0.25, 0.3) is 27.8 Å². The van der Waals surface area contributed by atoms with Gasteiger partial charge < -0.3 is 10.1 Å². The highest BCUT2D eigenvalue weighted by Gasteiger charge is 2.23. The van der Waals surface area contributed by atoms with Gasteiger partial charge in [-0.3, -0.25) is 14.2 Å². The van der Waals surface area contributed by atoms with Crippen LogP contribution in [0.4, 0.5) is 5.69 Å². The number of anilines is 1. The van der Waals surface area contributed by atoms with E-state index in [0.29, 0.717) is 51.8 Å². The average Bonchev–Trinajstić information content (AvgIpc) is 3.55. The molecular formula is C26H24Cl2N8O3. The Morgan fingerprint density at radius 1 is 1.03 bits per heavy atom. The summed E-state index contributed by atoms with van der Waals surface area (Å²) in [6.07, 6.45) is 3.43. The summed E-state index contributed by atoms with van der Waals surface area (Å²) < 4.78 is 8.51. The molecule has 11 nitrogen and oxygen atoms in total. The molecule has 13 heteroatoms. The second-order valence-corrected chi connectivity index (χ2v) is 9.48. The summed E-state index contributed by atoms with van der Waals surface area (Å²) in [5.41, 5.74) is 3.20. The highest BCUT2D eigenvalue weighted by molar-refractivity contribution is 6.31. The lowest BCUT2D eigenvalue weighted by Gasteiger charge is -2.20. The predicted molar refractivity (Wildman–Crippen MR) is 149 cm³/mol. The fourth-order valence-electron chi connectivity index (χ4n) is 4.34. The molecule has 0 aliphatic rings. The average molecular weight is 567 g/mol. The van der Waals surface area contributed by atoms with E-state index in [1.54, 1.807) is 47.4 Å². The summed E-state index contributed by atoms with van der Waals surface area (Å²) in [5.74, 6) is 0.0190. The number of nitrogens with zero attached hydrogens (tertiary/aromatic N) is 7. The molecule has 1 unspecified atom stereocenters. The number of ether oxygens (including phenoxy) is 1. The van der Waals surface area contributed by atoms with Crippen LogP contribution in [0.15, 0.2) is 59.7 Å². The van der Waals surface area contributed by atoms with Crippen LogP contribution in [0.2, 0.25) is 10.2 Å². The van der Waals surface area contributed by atoms with E-state index < -0.39 is 11.6 Å². The second kappa shape index (κ2) is 10.9. The highest BCUT2D eigenvalue weighted by Crippen LogP contribution is 2.35. The Hall–Kier alpha value is -4.22. The van der Waals surface area contributed by atoms with E-state index in [4.69, 9.17) is 27.9 Å². The summed E-state index contributed by atoms with van der Waals surface area (Å²) in [6, 6.07) is 11.1. The molecule has 0 fully saturated rings. The Kier molecular flexibility index (Phi) is 7.36. The van der Waals surface area contributed by atoms with Crippen molar-refractivity contribution in [1.29, 1.82) is 0 Å². The zero-order valence-electron chi connectivity index (χ0n) is 21.3. The molecule has 0 saturated carbocycles. The monoisotopic (exact) mass is 566 g/mol. The summed E-state index contributed by atoms with van der Waals surface area (Å²) in [6.45, 7) is 4.41. The minimum Gasteiger partial charge on any atom is -0.495 e. The number of aryl methyl sites for hydroxylation is 1. The number of hydrogen-bond acceptors (Lipinski definition) is 7. The van der Waals surface area contributed by atoms with Gasteiger partial charge in [-0.15, -0.1) is 5.10 Å². The number of rotatable bonds is 8. The first-order chi connectivity index (χ1) is 18.8. The second-order valence-electron chi connectivity index (χ2n) is 8.65. The molecule has 200 valence electrons. The summed E-state index contributed by atoms with van der Waals surface area (Å²) in [4.78, 5) is 28.3. The van der Waals surface area contributed by atoms with E-state index in [-0.39, 0.29) is 11.1 Å². The van der Waals surface area contributed by atoms with E-state index >= 15 is 0 Å². The fourth-order valence-corrected chi connectivity index (χ4v) is 4.64. The van der Waals surface area contributed by atoms with Gasteiger partial charge in [0.15, 0.2) is 5.15 Å². The zero-order valence-corrected chi connectivity index (χ0v) is 22.8. The SMILES string of the molecule is CCC(C(=O)Nc1ccc2nn(CC)nc2c1)n1cc(OC)c(-c2cc(Cl)ccc2-n2cc(Cl)nn2)cc1=O. The van der Waals surface area contributed by atoms with E-state index in [1.165, 1.54) is 28.6 Å². The summed E-state index contributed by atoms with van der Waals surface area (Å²) in [5, 5.41) is 20.2. The lowest BCUT2D eigenvalue weighted by Crippen LogP contribution is -2.32. The van der Waals surface area contributed by atoms with Crippen LogP contribution < -0.4 is 15.6 Å².